The zero-order chi connectivity index (χ0) is 19.4. The number of sulfonamides is 1. The molecular formula is C18H18FNO5S2. The first-order valence-corrected chi connectivity index (χ1v) is 10.7. The number of ketones is 1. The fourth-order valence-electron chi connectivity index (χ4n) is 2.89. The summed E-state index contributed by atoms with van der Waals surface area (Å²) < 4.78 is 44.9. The molecule has 1 aliphatic rings. The van der Waals surface area contributed by atoms with Gasteiger partial charge in [-0.05, 0) is 36.4 Å². The zero-order valence-electron chi connectivity index (χ0n) is 14.3. The van der Waals surface area contributed by atoms with Crippen LogP contribution >= 0.6 is 11.3 Å². The number of piperidine rings is 1. The van der Waals surface area contributed by atoms with Gasteiger partial charge in [0, 0.05) is 18.7 Å². The number of halogens is 1. The fourth-order valence-corrected chi connectivity index (χ4v) is 5.56. The Morgan fingerprint density at radius 3 is 2.78 bits per heavy atom. The second-order valence-corrected chi connectivity index (χ2v) is 9.29. The molecule has 0 aliphatic carbocycles. The molecule has 0 bridgehead atoms. The van der Waals surface area contributed by atoms with Crippen LogP contribution in [0.2, 0.25) is 0 Å². The van der Waals surface area contributed by atoms with Crippen LogP contribution in [-0.2, 0) is 19.6 Å². The van der Waals surface area contributed by atoms with Crippen molar-refractivity contribution in [3.05, 3.63) is 53.2 Å². The zero-order valence-corrected chi connectivity index (χ0v) is 16.0. The molecule has 27 heavy (non-hydrogen) atoms. The Kier molecular flexibility index (Phi) is 6.03. The predicted octanol–water partition coefficient (Wildman–Crippen LogP) is 2.71. The Bertz CT molecular complexity index is 927. The van der Waals surface area contributed by atoms with Crippen molar-refractivity contribution in [2.75, 3.05) is 19.7 Å². The van der Waals surface area contributed by atoms with Crippen LogP contribution in [0.1, 0.15) is 23.2 Å². The maximum absolute atomic E-state index is 13.2. The average Bonchev–Trinajstić information content (AvgIpc) is 3.21. The van der Waals surface area contributed by atoms with Crippen molar-refractivity contribution < 1.29 is 27.1 Å². The number of benzene rings is 1. The molecular weight excluding hydrogens is 393 g/mol. The molecule has 1 aliphatic heterocycles. The molecule has 0 saturated carbocycles. The van der Waals surface area contributed by atoms with Crippen LogP contribution in [0.4, 0.5) is 4.39 Å². The van der Waals surface area contributed by atoms with Gasteiger partial charge in [0.25, 0.3) is 10.0 Å². The SMILES string of the molecule is O=C(COC(=O)[C@@H]1CCCN(S(=O)(=O)c2cccs2)C1)c1cccc(F)c1. The van der Waals surface area contributed by atoms with Gasteiger partial charge in [-0.15, -0.1) is 11.3 Å². The van der Waals surface area contributed by atoms with E-state index in [0.29, 0.717) is 19.4 Å². The summed E-state index contributed by atoms with van der Waals surface area (Å²) in [6, 6.07) is 8.32. The highest BCUT2D eigenvalue weighted by Gasteiger charge is 2.34. The minimum Gasteiger partial charge on any atom is -0.457 e. The van der Waals surface area contributed by atoms with E-state index in [9.17, 15) is 22.4 Å². The summed E-state index contributed by atoms with van der Waals surface area (Å²) in [5.74, 6) is -2.31. The highest BCUT2D eigenvalue weighted by Crippen LogP contribution is 2.26. The highest BCUT2D eigenvalue weighted by atomic mass is 32.2. The number of hydrogen-bond donors (Lipinski definition) is 0. The van der Waals surface area contributed by atoms with Crippen LogP contribution in [0.15, 0.2) is 46.0 Å². The van der Waals surface area contributed by atoms with Crippen LogP contribution in [-0.4, -0.2) is 44.2 Å². The van der Waals surface area contributed by atoms with Gasteiger partial charge in [-0.2, -0.15) is 4.31 Å². The third-order valence-corrected chi connectivity index (χ3v) is 7.54. The van der Waals surface area contributed by atoms with E-state index in [1.165, 1.54) is 28.6 Å². The molecule has 6 nitrogen and oxygen atoms in total. The van der Waals surface area contributed by atoms with E-state index in [-0.39, 0.29) is 16.3 Å². The molecule has 2 heterocycles. The molecule has 1 atom stereocenters. The van der Waals surface area contributed by atoms with E-state index < -0.39 is 40.1 Å². The van der Waals surface area contributed by atoms with Gasteiger partial charge >= 0.3 is 5.97 Å². The Morgan fingerprint density at radius 2 is 2.07 bits per heavy atom. The van der Waals surface area contributed by atoms with E-state index in [1.54, 1.807) is 11.4 Å². The Hall–Kier alpha value is -2.10. The van der Waals surface area contributed by atoms with E-state index in [1.807, 2.05) is 0 Å². The minimum absolute atomic E-state index is 0.0211. The Balaban J connectivity index is 1.59. The number of ether oxygens (including phenoxy) is 1. The van der Waals surface area contributed by atoms with Crippen LogP contribution in [0.25, 0.3) is 0 Å². The smallest absolute Gasteiger partial charge is 0.310 e. The first kappa shape index (κ1) is 19.7. The number of rotatable bonds is 6. The predicted molar refractivity (Wildman–Crippen MR) is 97.5 cm³/mol. The summed E-state index contributed by atoms with van der Waals surface area (Å²) in [6.45, 7) is -0.143. The topological polar surface area (TPSA) is 80.8 Å². The van der Waals surface area contributed by atoms with E-state index in [0.717, 1.165) is 17.4 Å². The third-order valence-electron chi connectivity index (χ3n) is 4.30. The summed E-state index contributed by atoms with van der Waals surface area (Å²) in [5.41, 5.74) is 0.119. The fraction of sp³-hybridized carbons (Fsp3) is 0.333. The van der Waals surface area contributed by atoms with Crippen LogP contribution < -0.4 is 0 Å². The number of Topliss-reactive ketones (excluding diaryl/α,β-unsaturated/α-hetero) is 1. The first-order valence-electron chi connectivity index (χ1n) is 8.37. The van der Waals surface area contributed by atoms with Gasteiger partial charge in [0.1, 0.15) is 10.0 Å². The number of nitrogens with zero attached hydrogens (tertiary/aromatic N) is 1. The van der Waals surface area contributed by atoms with Crippen molar-refractivity contribution in [1.82, 2.24) is 4.31 Å². The second-order valence-electron chi connectivity index (χ2n) is 6.18. The maximum atomic E-state index is 13.2. The summed E-state index contributed by atoms with van der Waals surface area (Å²) in [6.07, 6.45) is 1.02. The van der Waals surface area contributed by atoms with Gasteiger partial charge in [0.15, 0.2) is 12.4 Å². The van der Waals surface area contributed by atoms with Crippen molar-refractivity contribution in [1.29, 1.82) is 0 Å². The van der Waals surface area contributed by atoms with Crippen molar-refractivity contribution in [3.8, 4) is 0 Å². The lowest BCUT2D eigenvalue weighted by Crippen LogP contribution is -2.42. The molecule has 0 unspecified atom stereocenters. The normalized spacial score (nSPS) is 18.2. The lowest BCUT2D eigenvalue weighted by atomic mass is 10.00. The van der Waals surface area contributed by atoms with E-state index >= 15 is 0 Å². The van der Waals surface area contributed by atoms with Gasteiger partial charge in [-0.3, -0.25) is 9.59 Å². The van der Waals surface area contributed by atoms with Crippen molar-refractivity contribution >= 4 is 33.1 Å². The monoisotopic (exact) mass is 411 g/mol. The summed E-state index contributed by atoms with van der Waals surface area (Å²) in [5, 5.41) is 1.68. The molecule has 1 saturated heterocycles. The standard InChI is InChI=1S/C18H18FNO5S2/c19-15-6-1-4-13(10-15)16(21)12-25-18(22)14-5-2-8-20(11-14)27(23,24)17-7-3-9-26-17/h1,3-4,6-7,9-10,14H,2,5,8,11-12H2/t14-/m1/s1. The van der Waals surface area contributed by atoms with Crippen molar-refractivity contribution in [2.45, 2.75) is 17.1 Å². The molecule has 144 valence electrons. The molecule has 0 spiro atoms. The molecule has 2 aromatic rings. The Labute approximate surface area is 160 Å². The van der Waals surface area contributed by atoms with E-state index in [2.05, 4.69) is 0 Å². The molecule has 1 aromatic carbocycles. The molecule has 0 N–H and O–H groups in total. The number of esters is 1. The second kappa shape index (κ2) is 8.28. The first-order chi connectivity index (χ1) is 12.9. The minimum atomic E-state index is -3.63. The maximum Gasteiger partial charge on any atom is 0.310 e. The van der Waals surface area contributed by atoms with Crippen LogP contribution in [0, 0.1) is 11.7 Å². The van der Waals surface area contributed by atoms with Crippen molar-refractivity contribution in [2.24, 2.45) is 5.92 Å². The number of carbonyl (C=O) groups is 2. The molecule has 0 amide bonds. The van der Waals surface area contributed by atoms with Crippen LogP contribution in [0.5, 0.6) is 0 Å². The number of carbonyl (C=O) groups excluding carboxylic acids is 2. The van der Waals surface area contributed by atoms with Gasteiger partial charge in [-0.25, -0.2) is 12.8 Å². The van der Waals surface area contributed by atoms with Gasteiger partial charge < -0.3 is 4.74 Å². The lowest BCUT2D eigenvalue weighted by molar-refractivity contribution is -0.148. The summed E-state index contributed by atoms with van der Waals surface area (Å²) >= 11 is 1.12. The number of thiophene rings is 1. The van der Waals surface area contributed by atoms with Gasteiger partial charge in [-0.1, -0.05) is 18.2 Å². The van der Waals surface area contributed by atoms with Gasteiger partial charge in [0.2, 0.25) is 0 Å². The largest absolute Gasteiger partial charge is 0.457 e. The van der Waals surface area contributed by atoms with Crippen molar-refractivity contribution in [3.63, 3.8) is 0 Å². The average molecular weight is 411 g/mol. The third kappa shape index (κ3) is 4.60. The molecule has 9 heteroatoms. The van der Waals surface area contributed by atoms with E-state index in [4.69, 9.17) is 4.74 Å². The summed E-state index contributed by atoms with van der Waals surface area (Å²) in [4.78, 5) is 24.3. The molecule has 0 radical (unpaired) electrons. The highest BCUT2D eigenvalue weighted by molar-refractivity contribution is 7.91. The van der Waals surface area contributed by atoms with Gasteiger partial charge in [0.05, 0.1) is 5.92 Å². The Morgan fingerprint density at radius 1 is 1.26 bits per heavy atom. The molecule has 1 aromatic heterocycles. The summed E-state index contributed by atoms with van der Waals surface area (Å²) in [7, 11) is -3.63. The quantitative estimate of drug-likeness (QED) is 0.539. The van der Waals surface area contributed by atoms with Crippen LogP contribution in [0.3, 0.4) is 0 Å². The number of hydrogen-bond acceptors (Lipinski definition) is 6. The lowest BCUT2D eigenvalue weighted by Gasteiger charge is -2.30. The molecule has 1 fully saturated rings. The molecule has 3 rings (SSSR count).